The Kier molecular flexibility index (Phi) is 4.08. The molecule has 0 aliphatic carbocycles. The number of aromatic nitrogens is 1. The number of hydrogen-bond acceptors (Lipinski definition) is 3. The lowest BCUT2D eigenvalue weighted by Crippen LogP contribution is -2.21. The fourth-order valence-corrected chi connectivity index (χ4v) is 2.51. The van der Waals surface area contributed by atoms with Crippen LogP contribution in [-0.2, 0) is 0 Å². The summed E-state index contributed by atoms with van der Waals surface area (Å²) >= 11 is 0. The van der Waals surface area contributed by atoms with Gasteiger partial charge in [-0.2, -0.15) is 0 Å². The second kappa shape index (κ2) is 6.20. The quantitative estimate of drug-likeness (QED) is 0.696. The van der Waals surface area contributed by atoms with E-state index in [0.717, 1.165) is 11.1 Å². The van der Waals surface area contributed by atoms with Gasteiger partial charge in [0.15, 0.2) is 0 Å². The van der Waals surface area contributed by atoms with Crippen LogP contribution in [0.15, 0.2) is 54.7 Å². The van der Waals surface area contributed by atoms with Crippen LogP contribution >= 0.6 is 0 Å². The number of nitrogens with zero attached hydrogens (tertiary/aromatic N) is 2. The van der Waals surface area contributed by atoms with E-state index in [1.165, 1.54) is 4.90 Å². The lowest BCUT2D eigenvalue weighted by molar-refractivity contribution is 0.0724. The molecule has 122 valence electrons. The van der Waals surface area contributed by atoms with E-state index in [0.29, 0.717) is 17.0 Å². The summed E-state index contributed by atoms with van der Waals surface area (Å²) in [5, 5.41) is 0. The Morgan fingerprint density at radius 2 is 1.79 bits per heavy atom. The SMILES string of the molecule is Cc1ccccc1C(=O)Oc1ccc2cc(C(=O)N(C)C)ccn12. The standard InChI is InChI=1S/C19H18N2O3/c1-13-6-4-5-7-16(13)19(23)24-17-9-8-15-12-14(10-11-21(15)17)18(22)20(2)3/h4-12H,1-3H3. The van der Waals surface area contributed by atoms with E-state index < -0.39 is 5.97 Å². The van der Waals surface area contributed by atoms with Gasteiger partial charge < -0.3 is 9.64 Å². The van der Waals surface area contributed by atoms with Crippen molar-refractivity contribution in [3.63, 3.8) is 0 Å². The monoisotopic (exact) mass is 322 g/mol. The van der Waals surface area contributed by atoms with Gasteiger partial charge in [-0.05, 0) is 36.8 Å². The number of carbonyl (C=O) groups is 2. The van der Waals surface area contributed by atoms with E-state index in [2.05, 4.69) is 0 Å². The third kappa shape index (κ3) is 2.88. The van der Waals surface area contributed by atoms with Gasteiger partial charge in [-0.25, -0.2) is 4.79 Å². The Balaban J connectivity index is 1.90. The molecule has 0 radical (unpaired) electrons. The fourth-order valence-electron chi connectivity index (χ4n) is 2.51. The van der Waals surface area contributed by atoms with Gasteiger partial charge >= 0.3 is 5.97 Å². The molecular weight excluding hydrogens is 304 g/mol. The molecule has 5 heteroatoms. The number of pyridine rings is 1. The number of fused-ring (bicyclic) bond motifs is 1. The molecule has 0 spiro atoms. The number of rotatable bonds is 3. The maximum Gasteiger partial charge on any atom is 0.345 e. The molecule has 0 unspecified atom stereocenters. The van der Waals surface area contributed by atoms with Gasteiger partial charge in [-0.15, -0.1) is 0 Å². The third-order valence-corrected chi connectivity index (χ3v) is 3.83. The van der Waals surface area contributed by atoms with E-state index in [9.17, 15) is 9.59 Å². The molecule has 0 bridgehead atoms. The number of amides is 1. The Morgan fingerprint density at radius 3 is 2.50 bits per heavy atom. The van der Waals surface area contributed by atoms with Gasteiger partial charge in [0.25, 0.3) is 5.91 Å². The van der Waals surface area contributed by atoms with Crippen molar-refractivity contribution in [1.82, 2.24) is 9.30 Å². The first-order valence-electron chi connectivity index (χ1n) is 7.58. The van der Waals surface area contributed by atoms with Crippen LogP contribution in [0, 0.1) is 6.92 Å². The van der Waals surface area contributed by atoms with E-state index in [1.54, 1.807) is 55.0 Å². The van der Waals surface area contributed by atoms with Crippen molar-refractivity contribution >= 4 is 17.4 Å². The number of hydrogen-bond donors (Lipinski definition) is 0. The van der Waals surface area contributed by atoms with Gasteiger partial charge in [0.2, 0.25) is 5.88 Å². The minimum Gasteiger partial charge on any atom is -0.405 e. The zero-order valence-corrected chi connectivity index (χ0v) is 13.8. The summed E-state index contributed by atoms with van der Waals surface area (Å²) in [6, 6.07) is 14.3. The van der Waals surface area contributed by atoms with E-state index in [1.807, 2.05) is 25.1 Å². The molecule has 0 saturated heterocycles. The van der Waals surface area contributed by atoms with E-state index in [4.69, 9.17) is 4.74 Å². The van der Waals surface area contributed by atoms with Crippen molar-refractivity contribution in [3.8, 4) is 5.88 Å². The van der Waals surface area contributed by atoms with Gasteiger partial charge in [0, 0.05) is 37.4 Å². The summed E-state index contributed by atoms with van der Waals surface area (Å²) in [4.78, 5) is 25.9. The summed E-state index contributed by atoms with van der Waals surface area (Å²) in [7, 11) is 3.42. The summed E-state index contributed by atoms with van der Waals surface area (Å²) in [6.07, 6.45) is 1.73. The van der Waals surface area contributed by atoms with Crippen LogP contribution < -0.4 is 4.74 Å². The van der Waals surface area contributed by atoms with Gasteiger partial charge in [-0.1, -0.05) is 18.2 Å². The molecule has 1 amide bonds. The van der Waals surface area contributed by atoms with Crippen molar-refractivity contribution < 1.29 is 14.3 Å². The normalized spacial score (nSPS) is 10.6. The maximum absolute atomic E-state index is 12.3. The number of esters is 1. The highest BCUT2D eigenvalue weighted by molar-refractivity contribution is 5.95. The molecule has 2 heterocycles. The van der Waals surface area contributed by atoms with Crippen LogP contribution in [0.1, 0.15) is 26.3 Å². The zero-order chi connectivity index (χ0) is 17.3. The van der Waals surface area contributed by atoms with Crippen LogP contribution in [0.2, 0.25) is 0 Å². The van der Waals surface area contributed by atoms with Gasteiger partial charge in [-0.3, -0.25) is 9.20 Å². The highest BCUT2D eigenvalue weighted by Crippen LogP contribution is 2.21. The van der Waals surface area contributed by atoms with Crippen LogP contribution in [0.3, 0.4) is 0 Å². The molecule has 0 fully saturated rings. The molecule has 5 nitrogen and oxygen atoms in total. The van der Waals surface area contributed by atoms with Crippen LogP contribution in [-0.4, -0.2) is 35.3 Å². The first-order valence-corrected chi connectivity index (χ1v) is 7.58. The second-order valence-corrected chi connectivity index (χ2v) is 5.79. The Hall–Kier alpha value is -3.08. The molecule has 0 saturated carbocycles. The first-order chi connectivity index (χ1) is 11.5. The van der Waals surface area contributed by atoms with Gasteiger partial charge in [0.05, 0.1) is 5.56 Å². The van der Waals surface area contributed by atoms with E-state index in [-0.39, 0.29) is 5.91 Å². The molecule has 3 aromatic rings. The maximum atomic E-state index is 12.3. The highest BCUT2D eigenvalue weighted by Gasteiger charge is 2.14. The fraction of sp³-hybridized carbons (Fsp3) is 0.158. The van der Waals surface area contributed by atoms with Crippen LogP contribution in [0.5, 0.6) is 5.88 Å². The van der Waals surface area contributed by atoms with Crippen molar-refractivity contribution in [2.45, 2.75) is 6.92 Å². The summed E-state index contributed by atoms with van der Waals surface area (Å²) in [5.41, 5.74) is 2.77. The topological polar surface area (TPSA) is 51.0 Å². The minimum atomic E-state index is -0.401. The number of carbonyl (C=O) groups excluding carboxylic acids is 2. The Bertz CT molecular complexity index is 925. The molecule has 24 heavy (non-hydrogen) atoms. The smallest absolute Gasteiger partial charge is 0.345 e. The molecular formula is C19H18N2O3. The molecule has 0 N–H and O–H groups in total. The molecule has 0 aliphatic heterocycles. The summed E-state index contributed by atoms with van der Waals surface area (Å²) in [6.45, 7) is 1.87. The largest absolute Gasteiger partial charge is 0.405 e. The van der Waals surface area contributed by atoms with Crippen molar-refractivity contribution in [2.75, 3.05) is 14.1 Å². The van der Waals surface area contributed by atoms with Crippen molar-refractivity contribution in [2.24, 2.45) is 0 Å². The van der Waals surface area contributed by atoms with Crippen LogP contribution in [0.25, 0.3) is 5.52 Å². The van der Waals surface area contributed by atoms with E-state index >= 15 is 0 Å². The van der Waals surface area contributed by atoms with Crippen LogP contribution in [0.4, 0.5) is 0 Å². The zero-order valence-electron chi connectivity index (χ0n) is 13.8. The lowest BCUT2D eigenvalue weighted by atomic mass is 10.1. The summed E-state index contributed by atoms with van der Waals surface area (Å²) < 4.78 is 7.25. The first kappa shape index (κ1) is 15.8. The Labute approximate surface area is 140 Å². The number of aryl methyl sites for hydroxylation is 1. The Morgan fingerprint density at radius 1 is 1.04 bits per heavy atom. The number of ether oxygens (including phenoxy) is 1. The van der Waals surface area contributed by atoms with Gasteiger partial charge in [0.1, 0.15) is 0 Å². The molecule has 0 aliphatic rings. The molecule has 0 atom stereocenters. The average molecular weight is 322 g/mol. The predicted molar refractivity (Wildman–Crippen MR) is 91.6 cm³/mol. The van der Waals surface area contributed by atoms with Crippen molar-refractivity contribution in [1.29, 1.82) is 0 Å². The highest BCUT2D eigenvalue weighted by atomic mass is 16.5. The molecule has 2 aromatic heterocycles. The molecule has 3 rings (SSSR count). The lowest BCUT2D eigenvalue weighted by Gasteiger charge is -2.11. The summed E-state index contributed by atoms with van der Waals surface area (Å²) in [5.74, 6) is -0.0548. The second-order valence-electron chi connectivity index (χ2n) is 5.79. The minimum absolute atomic E-state index is 0.0721. The third-order valence-electron chi connectivity index (χ3n) is 3.83. The predicted octanol–water partition coefficient (Wildman–Crippen LogP) is 3.17. The average Bonchev–Trinajstić information content (AvgIpc) is 2.96. The van der Waals surface area contributed by atoms with Crippen molar-refractivity contribution in [3.05, 3.63) is 71.4 Å². The molecule has 1 aromatic carbocycles. The number of benzene rings is 1.